The smallest absolute Gasteiger partial charge is 0.155 e. The third kappa shape index (κ3) is 2.16. The molecule has 0 radical (unpaired) electrons. The predicted molar refractivity (Wildman–Crippen MR) is 100 cm³/mol. The Kier molecular flexibility index (Phi) is 3.96. The second-order valence-electron chi connectivity index (χ2n) is 10.1. The number of carbonyl (C=O) groups excluding carboxylic acids is 1. The lowest BCUT2D eigenvalue weighted by atomic mass is 9.49. The van der Waals surface area contributed by atoms with Gasteiger partial charge in [-0.2, -0.15) is 0 Å². The van der Waals surface area contributed by atoms with Crippen LogP contribution in [0.25, 0.3) is 0 Å². The summed E-state index contributed by atoms with van der Waals surface area (Å²) in [5.74, 6) is 4.66. The molecule has 5 aliphatic carbocycles. The number of hydrogen-bond acceptors (Lipinski definition) is 3. The SMILES string of the molecule is CC[C@]12CC[C@H]3[C@@H]([C@@H]4C[C@@H]4C4=CC(=O)CC[C@@H]43)[C@@H]1CC[C@@]2(O)CCCO. The molecule has 3 nitrogen and oxygen atoms in total. The van der Waals surface area contributed by atoms with Crippen molar-refractivity contribution < 1.29 is 15.0 Å². The molecule has 4 fully saturated rings. The largest absolute Gasteiger partial charge is 0.396 e. The molecule has 5 aliphatic rings. The highest BCUT2D eigenvalue weighted by Gasteiger charge is 2.68. The Morgan fingerprint density at radius 2 is 2.00 bits per heavy atom. The first-order chi connectivity index (χ1) is 12.5. The van der Waals surface area contributed by atoms with Crippen molar-refractivity contribution in [3.8, 4) is 0 Å². The minimum absolute atomic E-state index is 0.0716. The first-order valence-electron chi connectivity index (χ1n) is 11.1. The van der Waals surface area contributed by atoms with E-state index in [1.54, 1.807) is 0 Å². The maximum Gasteiger partial charge on any atom is 0.155 e. The number of rotatable bonds is 4. The fraction of sp³-hybridized carbons (Fsp3) is 0.870. The monoisotopic (exact) mass is 358 g/mol. The topological polar surface area (TPSA) is 57.5 Å². The molecule has 0 bridgehead atoms. The molecule has 4 saturated carbocycles. The highest BCUT2D eigenvalue weighted by Crippen LogP contribution is 2.73. The van der Waals surface area contributed by atoms with Crippen molar-refractivity contribution in [2.45, 2.75) is 76.7 Å². The van der Waals surface area contributed by atoms with Gasteiger partial charge in [-0.3, -0.25) is 4.79 Å². The molecule has 8 atom stereocenters. The summed E-state index contributed by atoms with van der Waals surface area (Å²) in [4.78, 5) is 12.0. The minimum Gasteiger partial charge on any atom is -0.396 e. The van der Waals surface area contributed by atoms with Gasteiger partial charge in [-0.25, -0.2) is 0 Å². The van der Waals surface area contributed by atoms with E-state index in [1.165, 1.54) is 24.8 Å². The van der Waals surface area contributed by atoms with E-state index in [9.17, 15) is 15.0 Å². The van der Waals surface area contributed by atoms with Crippen LogP contribution >= 0.6 is 0 Å². The molecule has 3 heteroatoms. The van der Waals surface area contributed by atoms with Gasteiger partial charge >= 0.3 is 0 Å². The van der Waals surface area contributed by atoms with E-state index in [4.69, 9.17) is 0 Å². The zero-order chi connectivity index (χ0) is 18.1. The Bertz CT molecular complexity index is 639. The Hall–Kier alpha value is -0.670. The summed E-state index contributed by atoms with van der Waals surface area (Å²) in [5, 5.41) is 21.0. The number of hydrogen-bond donors (Lipinski definition) is 2. The van der Waals surface area contributed by atoms with E-state index in [-0.39, 0.29) is 12.0 Å². The quantitative estimate of drug-likeness (QED) is 0.802. The molecule has 0 aromatic heterocycles. The molecule has 0 aromatic carbocycles. The highest BCUT2D eigenvalue weighted by atomic mass is 16.3. The molecule has 0 heterocycles. The van der Waals surface area contributed by atoms with Gasteiger partial charge in [-0.15, -0.1) is 0 Å². The fourth-order valence-electron chi connectivity index (χ4n) is 8.45. The van der Waals surface area contributed by atoms with E-state index < -0.39 is 5.60 Å². The molecule has 5 rings (SSSR count). The van der Waals surface area contributed by atoms with Crippen LogP contribution in [-0.4, -0.2) is 28.2 Å². The first-order valence-corrected chi connectivity index (χ1v) is 11.1. The molecule has 2 N–H and O–H groups in total. The normalized spacial score (nSPS) is 51.8. The van der Waals surface area contributed by atoms with Crippen molar-refractivity contribution in [3.63, 3.8) is 0 Å². The third-order valence-electron chi connectivity index (χ3n) is 9.50. The molecular formula is C23H34O3. The van der Waals surface area contributed by atoms with Gasteiger partial charge in [-0.05, 0) is 99.4 Å². The number of carbonyl (C=O) groups is 1. The van der Waals surface area contributed by atoms with E-state index in [0.717, 1.165) is 62.7 Å². The van der Waals surface area contributed by atoms with Crippen LogP contribution in [-0.2, 0) is 4.79 Å². The number of ketones is 1. The molecule has 0 spiro atoms. The zero-order valence-electron chi connectivity index (χ0n) is 16.1. The van der Waals surface area contributed by atoms with Crippen LogP contribution in [0.4, 0.5) is 0 Å². The number of aliphatic hydroxyl groups is 2. The molecular weight excluding hydrogens is 324 g/mol. The Morgan fingerprint density at radius 1 is 1.15 bits per heavy atom. The fourth-order valence-corrected chi connectivity index (χ4v) is 8.45. The molecule has 0 aromatic rings. The van der Waals surface area contributed by atoms with Crippen molar-refractivity contribution in [3.05, 3.63) is 11.6 Å². The minimum atomic E-state index is -0.566. The van der Waals surface area contributed by atoms with Gasteiger partial charge in [0.25, 0.3) is 0 Å². The van der Waals surface area contributed by atoms with E-state index in [0.29, 0.717) is 23.5 Å². The second kappa shape index (κ2) is 5.91. The van der Waals surface area contributed by atoms with E-state index >= 15 is 0 Å². The lowest BCUT2D eigenvalue weighted by Gasteiger charge is -2.57. The Balaban J connectivity index is 1.48. The summed E-state index contributed by atoms with van der Waals surface area (Å²) in [7, 11) is 0. The van der Waals surface area contributed by atoms with Crippen molar-refractivity contribution in [2.24, 2.45) is 40.9 Å². The molecule has 0 amide bonds. The van der Waals surface area contributed by atoms with Gasteiger partial charge < -0.3 is 10.2 Å². The Morgan fingerprint density at radius 3 is 2.77 bits per heavy atom. The Labute approximate surface area is 157 Å². The van der Waals surface area contributed by atoms with Crippen molar-refractivity contribution in [2.75, 3.05) is 6.61 Å². The molecule has 26 heavy (non-hydrogen) atoms. The first kappa shape index (κ1) is 17.4. The van der Waals surface area contributed by atoms with Gasteiger partial charge in [0.1, 0.15) is 0 Å². The maximum atomic E-state index is 12.0. The average molecular weight is 359 g/mol. The van der Waals surface area contributed by atoms with Crippen LogP contribution in [0.5, 0.6) is 0 Å². The van der Waals surface area contributed by atoms with Gasteiger partial charge in [0.05, 0.1) is 5.60 Å². The summed E-state index contributed by atoms with van der Waals surface area (Å²) in [5.41, 5.74) is 1.02. The lowest BCUT2D eigenvalue weighted by Crippen LogP contribution is -2.54. The summed E-state index contributed by atoms with van der Waals surface area (Å²) >= 11 is 0. The van der Waals surface area contributed by atoms with Crippen LogP contribution in [0.3, 0.4) is 0 Å². The van der Waals surface area contributed by atoms with Gasteiger partial charge in [0, 0.05) is 18.4 Å². The molecule has 0 aliphatic heterocycles. The van der Waals surface area contributed by atoms with Crippen LogP contribution in [0.1, 0.15) is 71.1 Å². The number of fused-ring (bicyclic) bond motifs is 8. The number of allylic oxidation sites excluding steroid dienone is 1. The van der Waals surface area contributed by atoms with E-state index in [2.05, 4.69) is 6.92 Å². The van der Waals surface area contributed by atoms with Crippen LogP contribution in [0.2, 0.25) is 0 Å². The summed E-state index contributed by atoms with van der Waals surface area (Å²) < 4.78 is 0. The maximum absolute atomic E-state index is 12.0. The number of aliphatic hydroxyl groups excluding tert-OH is 1. The van der Waals surface area contributed by atoms with Crippen molar-refractivity contribution in [1.82, 2.24) is 0 Å². The van der Waals surface area contributed by atoms with E-state index in [1.807, 2.05) is 6.08 Å². The predicted octanol–water partition coefficient (Wildman–Crippen LogP) is 3.88. The summed E-state index contributed by atoms with van der Waals surface area (Å²) in [6.07, 6.45) is 12.2. The van der Waals surface area contributed by atoms with Crippen LogP contribution < -0.4 is 0 Å². The van der Waals surface area contributed by atoms with Crippen LogP contribution in [0, 0.1) is 40.9 Å². The second-order valence-corrected chi connectivity index (χ2v) is 10.1. The van der Waals surface area contributed by atoms with Gasteiger partial charge in [0.15, 0.2) is 5.78 Å². The molecule has 0 unspecified atom stereocenters. The van der Waals surface area contributed by atoms with Crippen LogP contribution in [0.15, 0.2) is 11.6 Å². The van der Waals surface area contributed by atoms with Gasteiger partial charge in [0.2, 0.25) is 0 Å². The molecule has 0 saturated heterocycles. The standard InChI is InChI=1S/C23H34O3/c1-2-22-9-6-16-15-5-4-14(25)12-17(15)18-13-19(18)21(16)20(22)7-10-23(22,26)8-3-11-24/h12,15-16,18-21,24,26H,2-11,13H2,1H3/t15-,16-,18-,19-,20+,21+,22+,23+/m1/s1. The van der Waals surface area contributed by atoms with Gasteiger partial charge in [-0.1, -0.05) is 12.5 Å². The summed E-state index contributed by atoms with van der Waals surface area (Å²) in [6.45, 7) is 2.48. The highest BCUT2D eigenvalue weighted by molar-refractivity contribution is 5.91. The van der Waals surface area contributed by atoms with Crippen molar-refractivity contribution in [1.29, 1.82) is 0 Å². The average Bonchev–Trinajstić information content (AvgIpc) is 3.39. The lowest BCUT2D eigenvalue weighted by molar-refractivity contribution is -0.138. The summed E-state index contributed by atoms with van der Waals surface area (Å²) in [6, 6.07) is 0. The molecule has 144 valence electrons. The third-order valence-corrected chi connectivity index (χ3v) is 9.50. The van der Waals surface area contributed by atoms with Crippen molar-refractivity contribution >= 4 is 5.78 Å². The zero-order valence-corrected chi connectivity index (χ0v) is 16.1.